The fraction of sp³-hybridized carbons (Fsp3) is 0.364. The summed E-state index contributed by atoms with van der Waals surface area (Å²) in [5.41, 5.74) is 0.493. The van der Waals surface area contributed by atoms with Crippen LogP contribution in [0.1, 0.15) is 19.4 Å². The van der Waals surface area contributed by atoms with Crippen molar-refractivity contribution >= 4 is 5.97 Å². The molecule has 0 radical (unpaired) electrons. The van der Waals surface area contributed by atoms with Gasteiger partial charge in [-0.2, -0.15) is 0 Å². The third-order valence-corrected chi connectivity index (χ3v) is 2.43. The molecular weight excluding hydrogens is 196 g/mol. The largest absolute Gasteiger partial charge is 0.483 e. The Morgan fingerprint density at radius 2 is 2.20 bits per heavy atom. The molecule has 0 aliphatic carbocycles. The maximum absolute atomic E-state index is 10.9. The van der Waals surface area contributed by atoms with Crippen LogP contribution >= 0.6 is 0 Å². The van der Waals surface area contributed by atoms with E-state index in [1.54, 1.807) is 31.2 Å². The predicted octanol–water partition coefficient (Wildman–Crippen LogP) is 1.18. The van der Waals surface area contributed by atoms with E-state index < -0.39 is 17.9 Å². The molecule has 1 aromatic carbocycles. The molecule has 4 nitrogen and oxygen atoms in total. The summed E-state index contributed by atoms with van der Waals surface area (Å²) in [7, 11) is 0. The number of carbonyl (C=O) groups is 1. The maximum atomic E-state index is 10.9. The Hall–Kier alpha value is -1.55. The van der Waals surface area contributed by atoms with E-state index in [-0.39, 0.29) is 0 Å². The lowest BCUT2D eigenvalue weighted by molar-refractivity contribution is -0.233. The van der Waals surface area contributed by atoms with Crippen LogP contribution in [0.15, 0.2) is 24.3 Å². The second-order valence-corrected chi connectivity index (χ2v) is 3.55. The first-order chi connectivity index (χ1) is 7.04. The maximum Gasteiger partial charge on any atom is 0.305 e. The van der Waals surface area contributed by atoms with Crippen molar-refractivity contribution in [3.05, 3.63) is 29.8 Å². The van der Waals surface area contributed by atoms with E-state index in [0.717, 1.165) is 0 Å². The van der Waals surface area contributed by atoms with Gasteiger partial charge in [-0.25, -0.2) is 0 Å². The number of benzene rings is 1. The Morgan fingerprint density at radius 1 is 1.53 bits per heavy atom. The average molecular weight is 208 g/mol. The zero-order valence-electron chi connectivity index (χ0n) is 8.56. The molecule has 0 fully saturated rings. The minimum atomic E-state index is -1.66. The van der Waals surface area contributed by atoms with Gasteiger partial charge in [0.05, 0.1) is 5.56 Å². The molecule has 1 unspecified atom stereocenters. The lowest BCUT2D eigenvalue weighted by Crippen LogP contribution is -2.39. The summed E-state index contributed by atoms with van der Waals surface area (Å²) < 4.78 is 10.3. The fourth-order valence-electron chi connectivity index (χ4n) is 1.71. The van der Waals surface area contributed by atoms with Crippen LogP contribution in [0.5, 0.6) is 5.75 Å². The van der Waals surface area contributed by atoms with E-state index in [0.29, 0.717) is 11.3 Å². The number of ether oxygens (including phenoxy) is 2. The fourth-order valence-corrected chi connectivity index (χ4v) is 1.71. The summed E-state index contributed by atoms with van der Waals surface area (Å²) >= 11 is 0. The van der Waals surface area contributed by atoms with Crippen molar-refractivity contribution in [1.82, 2.24) is 0 Å². The first-order valence-electron chi connectivity index (χ1n) is 4.72. The van der Waals surface area contributed by atoms with E-state index in [4.69, 9.17) is 9.47 Å². The number of carbonyl (C=O) groups excluding carboxylic acids is 1. The molecule has 1 aromatic rings. The Bertz CT molecular complexity index is 401. The molecule has 2 rings (SSSR count). The van der Waals surface area contributed by atoms with Crippen LogP contribution in [0.25, 0.3) is 0 Å². The van der Waals surface area contributed by atoms with E-state index in [1.807, 2.05) is 0 Å². The third kappa shape index (κ3) is 1.47. The molecule has 1 N–H and O–H groups in total. The van der Waals surface area contributed by atoms with Gasteiger partial charge in [-0.1, -0.05) is 12.1 Å². The number of hydrogen-bond donors (Lipinski definition) is 1. The Kier molecular flexibility index (Phi) is 2.16. The molecule has 4 heteroatoms. The highest BCUT2D eigenvalue weighted by Crippen LogP contribution is 2.41. The molecule has 0 spiro atoms. The van der Waals surface area contributed by atoms with Crippen LogP contribution in [-0.2, 0) is 15.3 Å². The molecule has 0 amide bonds. The smallest absolute Gasteiger partial charge is 0.305 e. The van der Waals surface area contributed by atoms with Crippen molar-refractivity contribution in [2.24, 2.45) is 0 Å². The Morgan fingerprint density at radius 3 is 2.87 bits per heavy atom. The highest BCUT2D eigenvalue weighted by molar-refractivity contribution is 5.67. The average Bonchev–Trinajstić information content (AvgIpc) is 2.39. The lowest BCUT2D eigenvalue weighted by Gasteiger charge is -2.25. The minimum absolute atomic E-state index is 0.493. The van der Waals surface area contributed by atoms with Crippen LogP contribution < -0.4 is 4.74 Å². The molecule has 80 valence electrons. The van der Waals surface area contributed by atoms with Gasteiger partial charge in [0.25, 0.3) is 5.79 Å². The number of fused-ring (bicyclic) bond motifs is 1. The molecule has 0 saturated carbocycles. The predicted molar refractivity (Wildman–Crippen MR) is 52.2 cm³/mol. The van der Waals surface area contributed by atoms with Crippen molar-refractivity contribution < 1.29 is 19.4 Å². The number of para-hydroxylation sites is 1. The molecule has 1 aliphatic heterocycles. The molecule has 0 bridgehead atoms. The van der Waals surface area contributed by atoms with E-state index in [9.17, 15) is 9.90 Å². The minimum Gasteiger partial charge on any atom is -0.483 e. The summed E-state index contributed by atoms with van der Waals surface area (Å²) in [6.07, 6.45) is -0.598. The number of rotatable bonds is 1. The monoisotopic (exact) mass is 208 g/mol. The summed E-state index contributed by atoms with van der Waals surface area (Å²) in [5.74, 6) is -1.65. The number of hydrogen-bond acceptors (Lipinski definition) is 4. The summed E-state index contributed by atoms with van der Waals surface area (Å²) in [6.45, 7) is 2.91. The van der Waals surface area contributed by atoms with Gasteiger partial charge in [0.15, 0.2) is 6.10 Å². The third-order valence-electron chi connectivity index (χ3n) is 2.43. The molecule has 1 aliphatic rings. The first kappa shape index (κ1) is 9.98. The molecule has 0 aromatic heterocycles. The number of esters is 1. The topological polar surface area (TPSA) is 55.8 Å². The Balaban J connectivity index is 2.44. The van der Waals surface area contributed by atoms with Crippen LogP contribution in [0.2, 0.25) is 0 Å². The van der Waals surface area contributed by atoms with Gasteiger partial charge in [0, 0.05) is 6.92 Å². The van der Waals surface area contributed by atoms with Crippen molar-refractivity contribution in [3.63, 3.8) is 0 Å². The van der Waals surface area contributed by atoms with Crippen molar-refractivity contribution in [2.75, 3.05) is 0 Å². The second kappa shape index (κ2) is 3.24. The van der Waals surface area contributed by atoms with Gasteiger partial charge < -0.3 is 14.6 Å². The SMILES string of the molecule is CC(=O)O[C@@]1(O)c2ccccc2OC1C. The van der Waals surface area contributed by atoms with Crippen LogP contribution in [0.4, 0.5) is 0 Å². The molecule has 15 heavy (non-hydrogen) atoms. The molecular formula is C11H12O4. The van der Waals surface area contributed by atoms with Gasteiger partial charge in [-0.05, 0) is 19.1 Å². The van der Waals surface area contributed by atoms with Crippen LogP contribution in [-0.4, -0.2) is 17.2 Å². The van der Waals surface area contributed by atoms with E-state index in [2.05, 4.69) is 0 Å². The van der Waals surface area contributed by atoms with Crippen molar-refractivity contribution in [2.45, 2.75) is 25.7 Å². The molecule has 1 heterocycles. The quantitative estimate of drug-likeness (QED) is 0.556. The van der Waals surface area contributed by atoms with Gasteiger partial charge in [0.1, 0.15) is 5.75 Å². The summed E-state index contributed by atoms with van der Waals surface area (Å²) in [6, 6.07) is 6.97. The standard InChI is InChI=1S/C11H12O4/c1-7-11(13,15-8(2)12)9-5-3-4-6-10(9)14-7/h3-7,13H,1-2H3/t7?,11-/m1/s1. The van der Waals surface area contributed by atoms with Crippen molar-refractivity contribution in [1.29, 1.82) is 0 Å². The lowest BCUT2D eigenvalue weighted by atomic mass is 10.0. The molecule has 0 saturated heterocycles. The molecule has 2 atom stereocenters. The normalized spacial score (nSPS) is 28.1. The summed E-state index contributed by atoms with van der Waals surface area (Å²) in [4.78, 5) is 10.9. The Labute approximate surface area is 87.4 Å². The van der Waals surface area contributed by atoms with Gasteiger partial charge in [-0.3, -0.25) is 4.79 Å². The zero-order valence-corrected chi connectivity index (χ0v) is 8.56. The highest BCUT2D eigenvalue weighted by atomic mass is 16.7. The van der Waals surface area contributed by atoms with Gasteiger partial charge in [0.2, 0.25) is 0 Å². The van der Waals surface area contributed by atoms with Crippen molar-refractivity contribution in [3.8, 4) is 5.75 Å². The van der Waals surface area contributed by atoms with Gasteiger partial charge in [-0.15, -0.1) is 0 Å². The first-order valence-corrected chi connectivity index (χ1v) is 4.72. The van der Waals surface area contributed by atoms with Crippen LogP contribution in [0.3, 0.4) is 0 Å². The van der Waals surface area contributed by atoms with Gasteiger partial charge >= 0.3 is 5.97 Å². The van der Waals surface area contributed by atoms with Crippen LogP contribution in [0, 0.1) is 0 Å². The number of aliphatic hydroxyl groups is 1. The van der Waals surface area contributed by atoms with E-state index >= 15 is 0 Å². The van der Waals surface area contributed by atoms with E-state index in [1.165, 1.54) is 6.92 Å². The zero-order chi connectivity index (χ0) is 11.1. The summed E-state index contributed by atoms with van der Waals surface area (Å²) in [5, 5.41) is 10.2. The highest BCUT2D eigenvalue weighted by Gasteiger charge is 2.48. The second-order valence-electron chi connectivity index (χ2n) is 3.55.